The van der Waals surface area contributed by atoms with Gasteiger partial charge in [-0.25, -0.2) is 9.97 Å². The summed E-state index contributed by atoms with van der Waals surface area (Å²) in [5.74, 6) is 1.14. The summed E-state index contributed by atoms with van der Waals surface area (Å²) in [4.78, 5) is 27.6. The van der Waals surface area contributed by atoms with Crippen LogP contribution in [-0.4, -0.2) is 33.9 Å². The van der Waals surface area contributed by atoms with Crippen LogP contribution in [0.5, 0.6) is 0 Å². The number of carbonyl (C=O) groups is 1. The van der Waals surface area contributed by atoms with Crippen LogP contribution in [0.2, 0.25) is 0 Å². The van der Waals surface area contributed by atoms with Crippen molar-refractivity contribution < 1.29 is 4.79 Å². The summed E-state index contributed by atoms with van der Waals surface area (Å²) in [6.45, 7) is 2.18. The molecule has 0 bridgehead atoms. The van der Waals surface area contributed by atoms with Gasteiger partial charge in [-0.3, -0.25) is 9.78 Å². The number of piperidine rings is 1. The smallest absolute Gasteiger partial charge is 0.223 e. The van der Waals surface area contributed by atoms with Crippen LogP contribution in [0.15, 0.2) is 55.1 Å². The first-order valence-electron chi connectivity index (χ1n) is 8.92. The number of aromatic nitrogens is 3. The van der Waals surface area contributed by atoms with Gasteiger partial charge in [0.1, 0.15) is 12.1 Å². The number of pyridine rings is 1. The molecule has 1 aliphatic rings. The second kappa shape index (κ2) is 7.47. The van der Waals surface area contributed by atoms with E-state index in [4.69, 9.17) is 0 Å². The van der Waals surface area contributed by atoms with Gasteiger partial charge in [-0.2, -0.15) is 0 Å². The number of hydrogen-bond acceptors (Lipinski definition) is 5. The van der Waals surface area contributed by atoms with Gasteiger partial charge in [-0.15, -0.1) is 0 Å². The molecule has 0 unspecified atom stereocenters. The van der Waals surface area contributed by atoms with Gasteiger partial charge in [0.05, 0.1) is 5.52 Å². The number of para-hydroxylation sites is 1. The summed E-state index contributed by atoms with van der Waals surface area (Å²) in [6, 6.07) is 11.9. The van der Waals surface area contributed by atoms with Gasteiger partial charge in [-0.05, 0) is 36.6 Å². The molecule has 0 aliphatic carbocycles. The van der Waals surface area contributed by atoms with Gasteiger partial charge in [-0.1, -0.05) is 18.2 Å². The predicted octanol–water partition coefficient (Wildman–Crippen LogP) is 2.56. The van der Waals surface area contributed by atoms with Crippen LogP contribution < -0.4 is 10.2 Å². The highest BCUT2D eigenvalue weighted by molar-refractivity contribution is 5.89. The second-order valence-electron chi connectivity index (χ2n) is 6.55. The highest BCUT2D eigenvalue weighted by Crippen LogP contribution is 2.27. The molecule has 3 aromatic rings. The van der Waals surface area contributed by atoms with Crippen LogP contribution >= 0.6 is 0 Å². The molecule has 1 aromatic carbocycles. The molecular weight excluding hydrogens is 326 g/mol. The fourth-order valence-corrected chi connectivity index (χ4v) is 3.43. The Labute approximate surface area is 152 Å². The summed E-state index contributed by atoms with van der Waals surface area (Å²) in [5.41, 5.74) is 1.97. The van der Waals surface area contributed by atoms with Crippen molar-refractivity contribution in [2.75, 3.05) is 18.0 Å². The molecule has 26 heavy (non-hydrogen) atoms. The van der Waals surface area contributed by atoms with Crippen LogP contribution in [0.25, 0.3) is 10.9 Å². The Balaban J connectivity index is 1.37. The fraction of sp³-hybridized carbons (Fsp3) is 0.300. The minimum Gasteiger partial charge on any atom is -0.356 e. The number of anilines is 1. The van der Waals surface area contributed by atoms with Gasteiger partial charge < -0.3 is 10.2 Å². The fourth-order valence-electron chi connectivity index (χ4n) is 3.43. The van der Waals surface area contributed by atoms with Crippen LogP contribution in [0, 0.1) is 5.92 Å². The average molecular weight is 347 g/mol. The molecule has 1 N–H and O–H groups in total. The lowest BCUT2D eigenvalue weighted by Crippen LogP contribution is -2.40. The topological polar surface area (TPSA) is 71.0 Å². The van der Waals surface area contributed by atoms with Crippen LogP contribution in [-0.2, 0) is 11.3 Å². The molecule has 0 radical (unpaired) electrons. The Morgan fingerprint density at radius 2 is 1.96 bits per heavy atom. The number of nitrogens with zero attached hydrogens (tertiary/aromatic N) is 4. The van der Waals surface area contributed by atoms with Gasteiger partial charge >= 0.3 is 0 Å². The monoisotopic (exact) mass is 347 g/mol. The van der Waals surface area contributed by atoms with Crippen LogP contribution in [0.1, 0.15) is 18.4 Å². The minimum atomic E-state index is 0.0519. The normalized spacial score (nSPS) is 15.2. The lowest BCUT2D eigenvalue weighted by molar-refractivity contribution is -0.125. The third kappa shape index (κ3) is 3.49. The molecule has 132 valence electrons. The number of rotatable bonds is 4. The second-order valence-corrected chi connectivity index (χ2v) is 6.55. The van der Waals surface area contributed by atoms with Gasteiger partial charge in [0.2, 0.25) is 5.91 Å². The molecule has 6 heteroatoms. The van der Waals surface area contributed by atoms with E-state index in [1.807, 2.05) is 30.3 Å². The van der Waals surface area contributed by atoms with E-state index in [-0.39, 0.29) is 11.8 Å². The standard InChI is InChI=1S/C20H21N5O/c26-20(22-13-15-4-3-9-21-12-15)16-7-10-25(11-8-16)19-17-5-1-2-6-18(17)23-14-24-19/h1-6,9,12,14,16H,7-8,10-11,13H2,(H,22,26). The molecule has 4 rings (SSSR count). The van der Waals surface area contributed by atoms with E-state index in [2.05, 4.69) is 31.2 Å². The van der Waals surface area contributed by atoms with E-state index in [1.54, 1.807) is 18.7 Å². The number of carbonyl (C=O) groups excluding carboxylic acids is 1. The zero-order chi connectivity index (χ0) is 17.8. The number of benzene rings is 1. The first kappa shape index (κ1) is 16.4. The minimum absolute atomic E-state index is 0.0519. The van der Waals surface area contributed by atoms with Crippen molar-refractivity contribution in [1.82, 2.24) is 20.3 Å². The maximum absolute atomic E-state index is 12.5. The SMILES string of the molecule is O=C(NCc1cccnc1)C1CCN(c2ncnc3ccccc23)CC1. The molecular formula is C20H21N5O. The third-order valence-corrected chi connectivity index (χ3v) is 4.88. The Morgan fingerprint density at radius 1 is 1.12 bits per heavy atom. The first-order valence-corrected chi connectivity index (χ1v) is 8.92. The molecule has 3 heterocycles. The van der Waals surface area contributed by atoms with E-state index in [9.17, 15) is 4.79 Å². The third-order valence-electron chi connectivity index (χ3n) is 4.88. The maximum Gasteiger partial charge on any atom is 0.223 e. The molecule has 0 spiro atoms. The summed E-state index contributed by atoms with van der Waals surface area (Å²) in [7, 11) is 0. The molecule has 6 nitrogen and oxygen atoms in total. The van der Waals surface area contributed by atoms with Crippen molar-refractivity contribution in [2.45, 2.75) is 19.4 Å². The molecule has 0 saturated carbocycles. The van der Waals surface area contributed by atoms with Gasteiger partial charge in [0.15, 0.2) is 0 Å². The average Bonchev–Trinajstić information content (AvgIpc) is 2.72. The van der Waals surface area contributed by atoms with E-state index < -0.39 is 0 Å². The molecule has 0 atom stereocenters. The lowest BCUT2D eigenvalue weighted by Gasteiger charge is -2.32. The van der Waals surface area contributed by atoms with E-state index in [1.165, 1.54) is 0 Å². The summed E-state index contributed by atoms with van der Waals surface area (Å²) < 4.78 is 0. The lowest BCUT2D eigenvalue weighted by atomic mass is 9.95. The molecule has 1 fully saturated rings. The van der Waals surface area contributed by atoms with Crippen molar-refractivity contribution in [3.63, 3.8) is 0 Å². The largest absolute Gasteiger partial charge is 0.356 e. The zero-order valence-corrected chi connectivity index (χ0v) is 14.5. The summed E-state index contributed by atoms with van der Waals surface area (Å²) in [6.07, 6.45) is 6.79. The van der Waals surface area contributed by atoms with Gasteiger partial charge in [0, 0.05) is 43.3 Å². The molecule has 1 aliphatic heterocycles. The number of hydrogen-bond donors (Lipinski definition) is 1. The Kier molecular flexibility index (Phi) is 4.73. The number of amides is 1. The van der Waals surface area contributed by atoms with Crippen LogP contribution in [0.4, 0.5) is 5.82 Å². The molecule has 1 saturated heterocycles. The van der Waals surface area contributed by atoms with Crippen molar-refractivity contribution in [1.29, 1.82) is 0 Å². The van der Waals surface area contributed by atoms with E-state index in [0.717, 1.165) is 48.2 Å². The first-order chi connectivity index (χ1) is 12.8. The number of fused-ring (bicyclic) bond motifs is 1. The quantitative estimate of drug-likeness (QED) is 0.785. The zero-order valence-electron chi connectivity index (χ0n) is 14.5. The van der Waals surface area contributed by atoms with Crippen molar-refractivity contribution >= 4 is 22.6 Å². The van der Waals surface area contributed by atoms with E-state index in [0.29, 0.717) is 6.54 Å². The Morgan fingerprint density at radius 3 is 2.77 bits per heavy atom. The predicted molar refractivity (Wildman–Crippen MR) is 101 cm³/mol. The Bertz CT molecular complexity index is 886. The summed E-state index contributed by atoms with van der Waals surface area (Å²) in [5, 5.41) is 4.09. The van der Waals surface area contributed by atoms with Crippen molar-refractivity contribution in [2.24, 2.45) is 5.92 Å². The van der Waals surface area contributed by atoms with Crippen molar-refractivity contribution in [3.8, 4) is 0 Å². The van der Waals surface area contributed by atoms with Crippen LogP contribution in [0.3, 0.4) is 0 Å². The highest BCUT2D eigenvalue weighted by Gasteiger charge is 2.26. The number of nitrogens with one attached hydrogen (secondary N) is 1. The Hall–Kier alpha value is -3.02. The summed E-state index contributed by atoms with van der Waals surface area (Å²) >= 11 is 0. The maximum atomic E-state index is 12.5. The highest BCUT2D eigenvalue weighted by atomic mass is 16.1. The van der Waals surface area contributed by atoms with Crippen molar-refractivity contribution in [3.05, 3.63) is 60.7 Å². The molecule has 1 amide bonds. The van der Waals surface area contributed by atoms with E-state index >= 15 is 0 Å². The molecule has 2 aromatic heterocycles. The van der Waals surface area contributed by atoms with Gasteiger partial charge in [0.25, 0.3) is 0 Å².